The molecule has 1 atom stereocenters. The van der Waals surface area contributed by atoms with Crippen molar-refractivity contribution in [3.8, 4) is 5.75 Å². The zero-order valence-electron chi connectivity index (χ0n) is 17.8. The minimum absolute atomic E-state index is 0.181. The van der Waals surface area contributed by atoms with Crippen molar-refractivity contribution in [2.45, 2.75) is 45.2 Å². The van der Waals surface area contributed by atoms with Crippen molar-refractivity contribution in [3.63, 3.8) is 0 Å². The lowest BCUT2D eigenvalue weighted by molar-refractivity contribution is 0.136. The third kappa shape index (κ3) is 4.43. The number of benzene rings is 2. The molecule has 0 saturated heterocycles. The van der Waals surface area contributed by atoms with Crippen LogP contribution in [0.2, 0.25) is 0 Å². The zero-order valence-corrected chi connectivity index (χ0v) is 17.8. The molecule has 0 bridgehead atoms. The SMILES string of the molecule is Cc1c(OCCNCCC(F)F)ccc(F)c1C1(C)Cc2c([nH]c3ccccc23)CN1. The number of alkyl halides is 2. The summed E-state index contributed by atoms with van der Waals surface area (Å²) in [5.74, 6) is 0.345. The number of aromatic amines is 1. The number of rotatable bonds is 8. The second-order valence-corrected chi connectivity index (χ2v) is 8.31. The van der Waals surface area contributed by atoms with Gasteiger partial charge in [0.05, 0.1) is 0 Å². The molecule has 1 aliphatic heterocycles. The monoisotopic (exact) mass is 431 g/mol. The minimum atomic E-state index is -2.31. The molecule has 0 amide bonds. The van der Waals surface area contributed by atoms with E-state index in [1.165, 1.54) is 17.0 Å². The van der Waals surface area contributed by atoms with Crippen LogP contribution in [-0.4, -0.2) is 31.1 Å². The average Bonchev–Trinajstić information content (AvgIpc) is 3.09. The van der Waals surface area contributed by atoms with Gasteiger partial charge in [0, 0.05) is 53.8 Å². The highest BCUT2D eigenvalue weighted by atomic mass is 19.3. The summed E-state index contributed by atoms with van der Waals surface area (Å²) in [4.78, 5) is 3.46. The van der Waals surface area contributed by atoms with E-state index in [9.17, 15) is 8.78 Å². The molecule has 4 rings (SSSR count). The molecule has 166 valence electrons. The van der Waals surface area contributed by atoms with Crippen LogP contribution in [0.3, 0.4) is 0 Å². The Hall–Kier alpha value is -2.51. The Morgan fingerprint density at radius 2 is 1.97 bits per heavy atom. The molecule has 1 aromatic heterocycles. The Bertz CT molecular complexity index is 1070. The Balaban J connectivity index is 1.53. The fourth-order valence-electron chi connectivity index (χ4n) is 4.55. The summed E-state index contributed by atoms with van der Waals surface area (Å²) in [7, 11) is 0. The third-order valence-electron chi connectivity index (χ3n) is 6.08. The maximum atomic E-state index is 15.1. The lowest BCUT2D eigenvalue weighted by Crippen LogP contribution is -2.45. The van der Waals surface area contributed by atoms with Crippen molar-refractivity contribution >= 4 is 10.9 Å². The van der Waals surface area contributed by atoms with Crippen molar-refractivity contribution in [3.05, 3.63) is 64.6 Å². The van der Waals surface area contributed by atoms with Gasteiger partial charge in [-0.2, -0.15) is 0 Å². The Labute approximate surface area is 180 Å². The Morgan fingerprint density at radius 1 is 1.16 bits per heavy atom. The van der Waals surface area contributed by atoms with Crippen LogP contribution in [0.15, 0.2) is 36.4 Å². The first-order valence-corrected chi connectivity index (χ1v) is 10.6. The highest BCUT2D eigenvalue weighted by molar-refractivity contribution is 5.85. The van der Waals surface area contributed by atoms with E-state index in [0.717, 1.165) is 16.8 Å². The Morgan fingerprint density at radius 3 is 2.77 bits per heavy atom. The van der Waals surface area contributed by atoms with Gasteiger partial charge in [-0.3, -0.25) is 0 Å². The molecular formula is C24H28F3N3O. The van der Waals surface area contributed by atoms with Gasteiger partial charge in [0.25, 0.3) is 0 Å². The summed E-state index contributed by atoms with van der Waals surface area (Å²) >= 11 is 0. The predicted octanol–water partition coefficient (Wildman–Crippen LogP) is 4.80. The van der Waals surface area contributed by atoms with Crippen LogP contribution in [0, 0.1) is 12.7 Å². The van der Waals surface area contributed by atoms with Gasteiger partial charge in [-0.15, -0.1) is 0 Å². The number of H-pyrrole nitrogens is 1. The first kappa shape index (κ1) is 21.7. The molecule has 2 heterocycles. The van der Waals surface area contributed by atoms with Gasteiger partial charge in [0.2, 0.25) is 6.43 Å². The van der Waals surface area contributed by atoms with E-state index < -0.39 is 12.0 Å². The number of hydrogen-bond acceptors (Lipinski definition) is 3. The number of fused-ring (bicyclic) bond motifs is 3. The van der Waals surface area contributed by atoms with E-state index in [-0.39, 0.29) is 18.8 Å². The predicted molar refractivity (Wildman–Crippen MR) is 116 cm³/mol. The molecule has 0 fully saturated rings. The van der Waals surface area contributed by atoms with Crippen molar-refractivity contribution in [1.29, 1.82) is 0 Å². The zero-order chi connectivity index (χ0) is 22.0. The van der Waals surface area contributed by atoms with Crippen LogP contribution in [-0.2, 0) is 18.5 Å². The lowest BCUT2D eigenvalue weighted by atomic mass is 9.79. The molecule has 1 unspecified atom stereocenters. The molecule has 0 radical (unpaired) electrons. The highest BCUT2D eigenvalue weighted by Gasteiger charge is 2.37. The first-order valence-electron chi connectivity index (χ1n) is 10.6. The van der Waals surface area contributed by atoms with Crippen LogP contribution in [0.4, 0.5) is 13.2 Å². The molecule has 3 N–H and O–H groups in total. The van der Waals surface area contributed by atoms with Crippen LogP contribution in [0.1, 0.15) is 35.7 Å². The molecule has 3 aromatic rings. The van der Waals surface area contributed by atoms with E-state index >= 15 is 4.39 Å². The molecule has 0 saturated carbocycles. The number of para-hydroxylation sites is 1. The molecule has 0 spiro atoms. The molecule has 7 heteroatoms. The first-order chi connectivity index (χ1) is 14.9. The molecule has 1 aliphatic rings. The van der Waals surface area contributed by atoms with E-state index in [1.807, 2.05) is 26.0 Å². The maximum Gasteiger partial charge on any atom is 0.239 e. The summed E-state index contributed by atoms with van der Waals surface area (Å²) in [6.45, 7) is 5.54. The largest absolute Gasteiger partial charge is 0.492 e. The van der Waals surface area contributed by atoms with Gasteiger partial charge >= 0.3 is 0 Å². The van der Waals surface area contributed by atoms with Crippen LogP contribution < -0.4 is 15.4 Å². The van der Waals surface area contributed by atoms with Crippen molar-refractivity contribution in [1.82, 2.24) is 15.6 Å². The number of hydrogen-bond donors (Lipinski definition) is 3. The maximum absolute atomic E-state index is 15.1. The molecular weight excluding hydrogens is 403 g/mol. The van der Waals surface area contributed by atoms with E-state index in [4.69, 9.17) is 4.74 Å². The summed E-state index contributed by atoms with van der Waals surface area (Å²) in [5, 5.41) is 7.63. The summed E-state index contributed by atoms with van der Waals surface area (Å²) in [5.41, 5.74) is 4.22. The standard InChI is InChI=1S/C24H28F3N3O/c1-15-21(31-12-11-28-10-9-22(26)27)8-7-18(25)23(15)24(2)13-17-16-5-3-4-6-19(16)30-20(17)14-29-24/h3-8,22,28-30H,9-14H2,1-2H3. The van der Waals surface area contributed by atoms with E-state index in [2.05, 4.69) is 27.8 Å². The van der Waals surface area contributed by atoms with Crippen molar-refractivity contribution in [2.24, 2.45) is 0 Å². The smallest absolute Gasteiger partial charge is 0.239 e. The number of ether oxygens (including phenoxy) is 1. The van der Waals surface area contributed by atoms with Crippen LogP contribution in [0.5, 0.6) is 5.75 Å². The fraction of sp³-hybridized carbons (Fsp3) is 0.417. The topological polar surface area (TPSA) is 49.1 Å². The molecule has 2 aromatic carbocycles. The molecule has 4 nitrogen and oxygen atoms in total. The molecule has 31 heavy (non-hydrogen) atoms. The van der Waals surface area contributed by atoms with Gasteiger partial charge in [0.1, 0.15) is 18.2 Å². The minimum Gasteiger partial charge on any atom is -0.492 e. The Kier molecular flexibility index (Phi) is 6.25. The van der Waals surface area contributed by atoms with Crippen LogP contribution >= 0.6 is 0 Å². The van der Waals surface area contributed by atoms with Gasteiger partial charge in [-0.1, -0.05) is 18.2 Å². The van der Waals surface area contributed by atoms with E-state index in [0.29, 0.717) is 37.4 Å². The number of halogens is 3. The highest BCUT2D eigenvalue weighted by Crippen LogP contribution is 2.39. The molecule has 0 aliphatic carbocycles. The van der Waals surface area contributed by atoms with Crippen molar-refractivity contribution in [2.75, 3.05) is 19.7 Å². The number of nitrogens with one attached hydrogen (secondary N) is 3. The van der Waals surface area contributed by atoms with Gasteiger partial charge in [-0.05, 0) is 49.6 Å². The summed E-state index contributed by atoms with van der Waals surface area (Å²) in [6.07, 6.45) is -1.83. The second-order valence-electron chi connectivity index (χ2n) is 8.31. The van der Waals surface area contributed by atoms with Crippen molar-refractivity contribution < 1.29 is 17.9 Å². The average molecular weight is 432 g/mol. The quantitative estimate of drug-likeness (QED) is 0.449. The number of aromatic nitrogens is 1. The van der Waals surface area contributed by atoms with E-state index in [1.54, 1.807) is 6.07 Å². The summed E-state index contributed by atoms with van der Waals surface area (Å²) < 4.78 is 45.3. The second kappa shape index (κ2) is 8.93. The fourth-order valence-corrected chi connectivity index (χ4v) is 4.55. The normalized spacial score (nSPS) is 18.5. The summed E-state index contributed by atoms with van der Waals surface area (Å²) in [6, 6.07) is 11.3. The van der Waals surface area contributed by atoms with Crippen LogP contribution in [0.25, 0.3) is 10.9 Å². The lowest BCUT2D eigenvalue weighted by Gasteiger charge is -2.37. The van der Waals surface area contributed by atoms with Gasteiger partial charge < -0.3 is 20.4 Å². The third-order valence-corrected chi connectivity index (χ3v) is 6.08. The van der Waals surface area contributed by atoms with Gasteiger partial charge in [-0.25, -0.2) is 13.2 Å². The van der Waals surface area contributed by atoms with Gasteiger partial charge in [0.15, 0.2) is 0 Å².